The van der Waals surface area contributed by atoms with Gasteiger partial charge < -0.3 is 4.74 Å². The van der Waals surface area contributed by atoms with Gasteiger partial charge in [0.15, 0.2) is 6.10 Å². The first-order valence-corrected chi connectivity index (χ1v) is 7.87. The van der Waals surface area contributed by atoms with Crippen LogP contribution in [0, 0.1) is 0 Å². The summed E-state index contributed by atoms with van der Waals surface area (Å²) in [5.41, 5.74) is 3.97. The summed E-state index contributed by atoms with van der Waals surface area (Å²) in [6.07, 6.45) is 0.364. The first-order valence-electron chi connectivity index (χ1n) is 7.87. The summed E-state index contributed by atoms with van der Waals surface area (Å²) in [6.45, 7) is 1.30. The third-order valence-electron chi connectivity index (χ3n) is 3.66. The van der Waals surface area contributed by atoms with E-state index in [-0.39, 0.29) is 6.54 Å². The number of aromatic amines is 1. The van der Waals surface area contributed by atoms with Crippen LogP contribution in [-0.4, -0.2) is 32.7 Å². The Hall–Kier alpha value is -3.62. The molecule has 0 spiro atoms. The summed E-state index contributed by atoms with van der Waals surface area (Å²) in [7, 11) is 0. The highest BCUT2D eigenvalue weighted by Crippen LogP contribution is 2.21. The zero-order valence-electron chi connectivity index (χ0n) is 13.9. The molecule has 3 rings (SSSR count). The van der Waals surface area contributed by atoms with Crippen molar-refractivity contribution in [3.8, 4) is 5.75 Å². The van der Waals surface area contributed by atoms with Crippen LogP contribution in [0.5, 0.6) is 5.75 Å². The summed E-state index contributed by atoms with van der Waals surface area (Å²) >= 11 is 0. The molecule has 26 heavy (non-hydrogen) atoms. The third-order valence-corrected chi connectivity index (χ3v) is 3.66. The van der Waals surface area contributed by atoms with Crippen LogP contribution in [0.1, 0.15) is 6.92 Å². The molecule has 0 aliphatic carbocycles. The van der Waals surface area contributed by atoms with E-state index in [0.717, 1.165) is 15.3 Å². The number of H-pyrrole nitrogens is 1. The fourth-order valence-electron chi connectivity index (χ4n) is 2.31. The number of fused-ring (bicyclic) bond motifs is 1. The van der Waals surface area contributed by atoms with E-state index >= 15 is 0 Å². The molecule has 2 aromatic carbocycles. The number of nitrogens with zero attached hydrogens (tertiary/aromatic N) is 2. The number of carbonyl (C=O) groups is 2. The first-order chi connectivity index (χ1) is 12.5. The largest absolute Gasteiger partial charge is 0.481 e. The zero-order chi connectivity index (χ0) is 18.5. The standard InChI is InChI=1S/C17H17N5O4/c1-11(26-14-7-6-12-4-2-3-5-13(12)8-14)16(24)20-19-15(23)9-22-10-18-21-17(22)25/h2-8,10-11H,9H2,1H3,(H,19,23)(H,20,24)(H,21,25)/t11-/m0/s1. The smallest absolute Gasteiger partial charge is 0.343 e. The molecule has 3 N–H and O–H groups in total. The molecule has 0 bridgehead atoms. The molecule has 9 nitrogen and oxygen atoms in total. The second kappa shape index (κ2) is 7.51. The van der Waals surface area contributed by atoms with Gasteiger partial charge in [-0.3, -0.25) is 25.0 Å². The molecule has 1 aromatic heterocycles. The zero-order valence-corrected chi connectivity index (χ0v) is 13.9. The number of rotatable bonds is 5. The number of carbonyl (C=O) groups excluding carboxylic acids is 2. The molecule has 2 amide bonds. The SMILES string of the molecule is C[C@H](Oc1ccc2ccccc2c1)C(=O)NNC(=O)Cn1cn[nH]c1=O. The highest BCUT2D eigenvalue weighted by molar-refractivity contribution is 5.85. The Labute approximate surface area is 147 Å². The molecular weight excluding hydrogens is 338 g/mol. The van der Waals surface area contributed by atoms with Crippen LogP contribution in [0.4, 0.5) is 0 Å². The van der Waals surface area contributed by atoms with E-state index in [2.05, 4.69) is 21.0 Å². The Bertz CT molecular complexity index is 994. The molecule has 0 radical (unpaired) electrons. The number of nitrogens with one attached hydrogen (secondary N) is 3. The van der Waals surface area contributed by atoms with Crippen molar-refractivity contribution in [1.82, 2.24) is 25.6 Å². The number of aromatic nitrogens is 3. The Morgan fingerprint density at radius 2 is 1.96 bits per heavy atom. The molecule has 0 saturated carbocycles. The average Bonchev–Trinajstić information content (AvgIpc) is 3.04. The van der Waals surface area contributed by atoms with Gasteiger partial charge >= 0.3 is 5.69 Å². The Balaban J connectivity index is 1.53. The number of benzene rings is 2. The quantitative estimate of drug-likeness (QED) is 0.571. The lowest BCUT2D eigenvalue weighted by molar-refractivity contribution is -0.133. The lowest BCUT2D eigenvalue weighted by Crippen LogP contribution is -2.48. The summed E-state index contributed by atoms with van der Waals surface area (Å²) in [6, 6.07) is 13.3. The lowest BCUT2D eigenvalue weighted by Gasteiger charge is -2.15. The summed E-state index contributed by atoms with van der Waals surface area (Å²) in [4.78, 5) is 35.0. The molecule has 0 fully saturated rings. The molecular formula is C17H17N5O4. The van der Waals surface area contributed by atoms with Gasteiger partial charge in [-0.05, 0) is 29.8 Å². The molecule has 134 valence electrons. The monoisotopic (exact) mass is 355 g/mol. The van der Waals surface area contributed by atoms with Gasteiger partial charge in [0, 0.05) is 0 Å². The number of amides is 2. The number of hydrogen-bond donors (Lipinski definition) is 3. The Kier molecular flexibility index (Phi) is 4.97. The van der Waals surface area contributed by atoms with Crippen LogP contribution in [0.2, 0.25) is 0 Å². The lowest BCUT2D eigenvalue weighted by atomic mass is 10.1. The minimum Gasteiger partial charge on any atom is -0.481 e. The highest BCUT2D eigenvalue weighted by Gasteiger charge is 2.16. The summed E-state index contributed by atoms with van der Waals surface area (Å²) in [5, 5.41) is 7.74. The third kappa shape index (κ3) is 4.07. The molecule has 1 atom stereocenters. The molecule has 1 heterocycles. The van der Waals surface area contributed by atoms with Crippen molar-refractivity contribution in [1.29, 1.82) is 0 Å². The van der Waals surface area contributed by atoms with Gasteiger partial charge in [-0.25, -0.2) is 9.89 Å². The second-order valence-electron chi connectivity index (χ2n) is 5.60. The second-order valence-corrected chi connectivity index (χ2v) is 5.60. The molecule has 9 heteroatoms. The normalized spacial score (nSPS) is 11.7. The average molecular weight is 355 g/mol. The van der Waals surface area contributed by atoms with Gasteiger partial charge in [-0.2, -0.15) is 5.10 Å². The maximum atomic E-state index is 12.0. The van der Waals surface area contributed by atoms with Crippen LogP contribution in [0.15, 0.2) is 53.6 Å². The van der Waals surface area contributed by atoms with Crippen LogP contribution < -0.4 is 21.3 Å². The van der Waals surface area contributed by atoms with Gasteiger partial charge in [0.2, 0.25) is 0 Å². The van der Waals surface area contributed by atoms with E-state index in [4.69, 9.17) is 4.74 Å². The minimum atomic E-state index is -0.826. The number of hydrazine groups is 1. The highest BCUT2D eigenvalue weighted by atomic mass is 16.5. The van der Waals surface area contributed by atoms with Crippen LogP contribution in [0.3, 0.4) is 0 Å². The van der Waals surface area contributed by atoms with Crippen molar-refractivity contribution in [2.45, 2.75) is 19.6 Å². The van der Waals surface area contributed by atoms with Crippen LogP contribution in [-0.2, 0) is 16.1 Å². The van der Waals surface area contributed by atoms with Crippen molar-refractivity contribution in [3.05, 3.63) is 59.3 Å². The van der Waals surface area contributed by atoms with E-state index < -0.39 is 23.6 Å². The molecule has 0 aliphatic rings. The van der Waals surface area contributed by atoms with Gasteiger partial charge in [0.25, 0.3) is 11.8 Å². The van der Waals surface area contributed by atoms with Crippen LogP contribution in [0.25, 0.3) is 10.8 Å². The molecule has 3 aromatic rings. The summed E-state index contributed by atoms with van der Waals surface area (Å²) in [5.74, 6) is -0.548. The predicted molar refractivity (Wildman–Crippen MR) is 93.2 cm³/mol. The van der Waals surface area contributed by atoms with Gasteiger partial charge in [0.1, 0.15) is 18.6 Å². The fraction of sp³-hybridized carbons (Fsp3) is 0.176. The van der Waals surface area contributed by atoms with E-state index in [0.29, 0.717) is 5.75 Å². The van der Waals surface area contributed by atoms with Gasteiger partial charge in [0.05, 0.1) is 0 Å². The molecule has 0 unspecified atom stereocenters. The van der Waals surface area contributed by atoms with E-state index in [9.17, 15) is 14.4 Å². The molecule has 0 aliphatic heterocycles. The van der Waals surface area contributed by atoms with E-state index in [1.165, 1.54) is 6.33 Å². The Morgan fingerprint density at radius 1 is 1.19 bits per heavy atom. The summed E-state index contributed by atoms with van der Waals surface area (Å²) < 4.78 is 6.67. The maximum Gasteiger partial charge on any atom is 0.343 e. The first kappa shape index (κ1) is 17.2. The van der Waals surface area contributed by atoms with Crippen molar-refractivity contribution in [2.24, 2.45) is 0 Å². The predicted octanol–water partition coefficient (Wildman–Crippen LogP) is 0.339. The minimum absolute atomic E-state index is 0.268. The van der Waals surface area contributed by atoms with Crippen molar-refractivity contribution >= 4 is 22.6 Å². The number of ether oxygens (including phenoxy) is 1. The molecule has 0 saturated heterocycles. The van der Waals surface area contributed by atoms with E-state index in [1.54, 1.807) is 13.0 Å². The van der Waals surface area contributed by atoms with E-state index in [1.807, 2.05) is 36.4 Å². The van der Waals surface area contributed by atoms with Gasteiger partial charge in [-0.1, -0.05) is 30.3 Å². The van der Waals surface area contributed by atoms with Gasteiger partial charge in [-0.15, -0.1) is 0 Å². The maximum absolute atomic E-state index is 12.0. The number of hydrogen-bond acceptors (Lipinski definition) is 5. The van der Waals surface area contributed by atoms with Crippen LogP contribution >= 0.6 is 0 Å². The van der Waals surface area contributed by atoms with Crippen molar-refractivity contribution in [2.75, 3.05) is 0 Å². The fourth-order valence-corrected chi connectivity index (χ4v) is 2.31. The Morgan fingerprint density at radius 3 is 2.69 bits per heavy atom. The van der Waals surface area contributed by atoms with Crippen molar-refractivity contribution < 1.29 is 14.3 Å². The van der Waals surface area contributed by atoms with Crippen molar-refractivity contribution in [3.63, 3.8) is 0 Å². The topological polar surface area (TPSA) is 118 Å².